The summed E-state index contributed by atoms with van der Waals surface area (Å²) in [7, 11) is 0. The molecule has 268 valence electrons. The normalized spacial score (nSPS) is 12.0. The van der Waals surface area contributed by atoms with Crippen molar-refractivity contribution in [2.24, 2.45) is 11.5 Å². The second-order valence-electron chi connectivity index (χ2n) is 10.9. The molecule has 15 heteroatoms. The number of hydrogen-bond acceptors (Lipinski definition) is 5. The summed E-state index contributed by atoms with van der Waals surface area (Å²) in [4.78, 5) is 33.3. The van der Waals surface area contributed by atoms with E-state index in [-0.39, 0.29) is 5.91 Å². The number of alkyl halides is 6. The minimum absolute atomic E-state index is 0.0358. The Morgan fingerprint density at radius 3 is 1.58 bits per heavy atom. The zero-order chi connectivity index (χ0) is 36.5. The lowest BCUT2D eigenvalue weighted by molar-refractivity contribution is -0.193. The Balaban J connectivity index is 0.000000687. The molecule has 0 fully saturated rings. The second-order valence-corrected chi connectivity index (χ2v) is 11.3. The van der Waals surface area contributed by atoms with E-state index < -0.39 is 30.3 Å². The number of aliphatic carboxylic acids is 2. The van der Waals surface area contributed by atoms with Crippen molar-refractivity contribution in [2.75, 3.05) is 13.1 Å². The smallest absolute Gasteiger partial charge is 0.475 e. The Kier molecular flexibility index (Phi) is 18.3. The zero-order valence-corrected chi connectivity index (χ0v) is 27.3. The summed E-state index contributed by atoms with van der Waals surface area (Å²) >= 11 is 6.80. The molecule has 0 spiro atoms. The highest BCUT2D eigenvalue weighted by Gasteiger charge is 2.38. The van der Waals surface area contributed by atoms with Crippen LogP contribution in [0.3, 0.4) is 0 Å². The van der Waals surface area contributed by atoms with E-state index in [0.29, 0.717) is 19.5 Å². The molecule has 1 atom stereocenters. The van der Waals surface area contributed by atoms with Crippen LogP contribution in [-0.2, 0) is 20.9 Å². The standard InChI is InChI=1S/C29H40ClN3O.2C2HF3O2/c1-2-3-4-5-6-13-20-33(29(34)27(32)18-11-12-19-31)21-26-22-14-7-9-16-24(22)28(30)25-17-10-8-15-23(25)26;2*3-2(4,5)1(6)7/h7-10,14-17,27H,2-6,11-13,18-21,31-32H2,1H3;2*(H,6,7)/t27-;;/m0../s1. The average Bonchev–Trinajstić information content (AvgIpc) is 3.03. The molecule has 0 aliphatic carbocycles. The molecule has 3 aromatic carbocycles. The Bertz CT molecular complexity index is 1390. The predicted octanol–water partition coefficient (Wildman–Crippen LogP) is 8.06. The van der Waals surface area contributed by atoms with E-state index in [1.807, 2.05) is 29.2 Å². The maximum Gasteiger partial charge on any atom is 0.490 e. The second kappa shape index (κ2) is 20.7. The van der Waals surface area contributed by atoms with Gasteiger partial charge in [0.2, 0.25) is 5.91 Å². The predicted molar refractivity (Wildman–Crippen MR) is 174 cm³/mol. The van der Waals surface area contributed by atoms with Gasteiger partial charge >= 0.3 is 24.3 Å². The molecule has 0 aliphatic rings. The third kappa shape index (κ3) is 14.2. The highest BCUT2D eigenvalue weighted by Crippen LogP contribution is 2.36. The minimum atomic E-state index is -5.08. The molecule has 0 bridgehead atoms. The zero-order valence-electron chi connectivity index (χ0n) is 26.5. The summed E-state index contributed by atoms with van der Waals surface area (Å²) in [5.41, 5.74) is 13.2. The number of amides is 1. The molecular formula is C33H42ClF6N3O5. The topological polar surface area (TPSA) is 147 Å². The lowest BCUT2D eigenvalue weighted by Crippen LogP contribution is -2.44. The van der Waals surface area contributed by atoms with Gasteiger partial charge in [-0.3, -0.25) is 4.79 Å². The van der Waals surface area contributed by atoms with Crippen molar-refractivity contribution in [1.82, 2.24) is 4.90 Å². The van der Waals surface area contributed by atoms with E-state index in [2.05, 4.69) is 31.2 Å². The van der Waals surface area contributed by atoms with Gasteiger partial charge in [-0.25, -0.2) is 9.59 Å². The number of unbranched alkanes of at least 4 members (excludes halogenated alkanes) is 6. The number of carboxylic acids is 2. The Morgan fingerprint density at radius 2 is 1.17 bits per heavy atom. The third-order valence-electron chi connectivity index (χ3n) is 7.19. The summed E-state index contributed by atoms with van der Waals surface area (Å²) in [6.07, 6.45) is -0.614. The van der Waals surface area contributed by atoms with E-state index in [1.165, 1.54) is 25.7 Å². The largest absolute Gasteiger partial charge is 0.490 e. The highest BCUT2D eigenvalue weighted by molar-refractivity contribution is 6.41. The van der Waals surface area contributed by atoms with Crippen molar-refractivity contribution in [3.63, 3.8) is 0 Å². The number of carbonyl (C=O) groups excluding carboxylic acids is 1. The number of hydrogen-bond donors (Lipinski definition) is 4. The van der Waals surface area contributed by atoms with Crippen LogP contribution >= 0.6 is 11.6 Å². The van der Waals surface area contributed by atoms with E-state index >= 15 is 0 Å². The van der Waals surface area contributed by atoms with Gasteiger partial charge in [-0.15, -0.1) is 0 Å². The SMILES string of the molecule is CCCCCCCCN(Cc1c2ccccc2c(Cl)c2ccccc12)C(=O)[C@@H](N)CCCCN.O=C(O)C(F)(F)F.O=C(O)C(F)(F)F. The Hall–Kier alpha value is -3.62. The molecule has 3 aromatic rings. The molecule has 0 aliphatic heterocycles. The number of fused-ring (bicyclic) bond motifs is 2. The van der Waals surface area contributed by atoms with Gasteiger partial charge in [0.25, 0.3) is 0 Å². The molecule has 1 amide bonds. The lowest BCUT2D eigenvalue weighted by atomic mass is 9.95. The maximum atomic E-state index is 13.5. The van der Waals surface area contributed by atoms with Crippen LogP contribution in [0.5, 0.6) is 0 Å². The highest BCUT2D eigenvalue weighted by atomic mass is 35.5. The first kappa shape index (κ1) is 42.4. The van der Waals surface area contributed by atoms with E-state index in [9.17, 15) is 31.1 Å². The van der Waals surface area contributed by atoms with Gasteiger partial charge in [-0.05, 0) is 42.1 Å². The van der Waals surface area contributed by atoms with Crippen molar-refractivity contribution in [2.45, 2.75) is 89.7 Å². The minimum Gasteiger partial charge on any atom is -0.475 e. The first-order valence-electron chi connectivity index (χ1n) is 15.4. The molecule has 0 saturated carbocycles. The average molecular weight is 710 g/mol. The van der Waals surface area contributed by atoms with Crippen molar-refractivity contribution in [3.05, 3.63) is 59.1 Å². The molecule has 0 radical (unpaired) electrons. The van der Waals surface area contributed by atoms with Gasteiger partial charge in [0.1, 0.15) is 0 Å². The first-order chi connectivity index (χ1) is 22.5. The van der Waals surface area contributed by atoms with E-state index in [0.717, 1.165) is 64.4 Å². The fourth-order valence-corrected chi connectivity index (χ4v) is 5.07. The van der Waals surface area contributed by atoms with Gasteiger partial charge in [-0.2, -0.15) is 26.3 Å². The Labute approximate surface area is 280 Å². The molecule has 8 nitrogen and oxygen atoms in total. The number of nitrogens with two attached hydrogens (primary N) is 2. The number of benzene rings is 3. The van der Waals surface area contributed by atoms with Crippen molar-refractivity contribution in [1.29, 1.82) is 0 Å². The fourth-order valence-electron chi connectivity index (χ4n) is 4.74. The van der Waals surface area contributed by atoms with Crippen molar-refractivity contribution in [3.8, 4) is 0 Å². The summed E-state index contributed by atoms with van der Waals surface area (Å²) in [5.74, 6) is -5.48. The van der Waals surface area contributed by atoms with Crippen LogP contribution in [0, 0.1) is 0 Å². The van der Waals surface area contributed by atoms with Gasteiger partial charge in [0, 0.05) is 23.9 Å². The van der Waals surface area contributed by atoms with Crippen LogP contribution in [0.1, 0.15) is 70.3 Å². The van der Waals surface area contributed by atoms with Gasteiger partial charge < -0.3 is 26.6 Å². The number of carboxylic acid groups (broad SMARTS) is 2. The van der Waals surface area contributed by atoms with E-state index in [1.54, 1.807) is 0 Å². The quantitative estimate of drug-likeness (QED) is 0.0752. The fraction of sp³-hybridized carbons (Fsp3) is 0.485. The number of halogens is 7. The van der Waals surface area contributed by atoms with Crippen LogP contribution in [0.25, 0.3) is 21.5 Å². The Morgan fingerprint density at radius 1 is 0.750 bits per heavy atom. The van der Waals surface area contributed by atoms with Crippen molar-refractivity contribution < 1.29 is 50.9 Å². The van der Waals surface area contributed by atoms with Crippen LogP contribution in [0.4, 0.5) is 26.3 Å². The summed E-state index contributed by atoms with van der Waals surface area (Å²) in [6, 6.07) is 16.0. The number of nitrogens with zero attached hydrogens (tertiary/aromatic N) is 1. The monoisotopic (exact) mass is 709 g/mol. The summed E-state index contributed by atoms with van der Waals surface area (Å²) in [5, 5.41) is 19.3. The summed E-state index contributed by atoms with van der Waals surface area (Å²) in [6.45, 7) is 4.12. The molecular weight excluding hydrogens is 668 g/mol. The lowest BCUT2D eigenvalue weighted by Gasteiger charge is -2.27. The van der Waals surface area contributed by atoms with Crippen LogP contribution < -0.4 is 11.5 Å². The summed E-state index contributed by atoms with van der Waals surface area (Å²) < 4.78 is 63.5. The van der Waals surface area contributed by atoms with E-state index in [4.69, 9.17) is 42.9 Å². The number of carbonyl (C=O) groups is 3. The molecule has 6 N–H and O–H groups in total. The van der Waals surface area contributed by atoms with Crippen molar-refractivity contribution >= 4 is 51.0 Å². The van der Waals surface area contributed by atoms with Gasteiger partial charge in [0.15, 0.2) is 0 Å². The first-order valence-corrected chi connectivity index (χ1v) is 15.8. The molecule has 0 saturated heterocycles. The molecule has 48 heavy (non-hydrogen) atoms. The van der Waals surface area contributed by atoms with Crippen LogP contribution in [-0.4, -0.2) is 64.4 Å². The molecule has 0 unspecified atom stereocenters. The maximum absolute atomic E-state index is 13.5. The molecule has 3 rings (SSSR count). The number of rotatable bonds is 14. The molecule has 0 aromatic heterocycles. The third-order valence-corrected chi connectivity index (χ3v) is 7.60. The van der Waals surface area contributed by atoms with Crippen LogP contribution in [0.2, 0.25) is 5.02 Å². The van der Waals surface area contributed by atoms with Gasteiger partial charge in [-0.1, -0.05) is 106 Å². The molecule has 0 heterocycles. The van der Waals surface area contributed by atoms with Crippen LogP contribution in [0.15, 0.2) is 48.5 Å². The van der Waals surface area contributed by atoms with Gasteiger partial charge in [0.05, 0.1) is 11.1 Å².